The Morgan fingerprint density at radius 1 is 0.841 bits per heavy atom. The van der Waals surface area contributed by atoms with Crippen LogP contribution in [0, 0.1) is 5.92 Å². The van der Waals surface area contributed by atoms with Crippen LogP contribution in [-0.4, -0.2) is 82.5 Å². The molecule has 44 heavy (non-hydrogen) atoms. The Labute approximate surface area is 261 Å². The van der Waals surface area contributed by atoms with Crippen molar-refractivity contribution in [3.8, 4) is 0 Å². The van der Waals surface area contributed by atoms with Crippen molar-refractivity contribution in [3.05, 3.63) is 73.2 Å². The number of nitrogens with zero attached hydrogens (tertiary/aromatic N) is 6. The minimum absolute atomic E-state index is 0.107. The lowest BCUT2D eigenvalue weighted by molar-refractivity contribution is 0.270. The maximum atomic E-state index is 11.4. The fraction of sp³-hybridized carbons (Fsp3) is 0.400. The zero-order valence-electron chi connectivity index (χ0n) is 24.7. The highest BCUT2D eigenvalue weighted by Crippen LogP contribution is 2.42. The first-order chi connectivity index (χ1) is 20.4. The topological polar surface area (TPSA) is 239 Å². The zero-order chi connectivity index (χ0) is 33.1. The summed E-state index contributed by atoms with van der Waals surface area (Å²) in [4.78, 5) is 11.8. The van der Waals surface area contributed by atoms with E-state index in [1.54, 1.807) is 74.6 Å². The van der Waals surface area contributed by atoms with E-state index in [4.69, 9.17) is 9.92 Å². The maximum absolute atomic E-state index is 11.4. The van der Waals surface area contributed by atoms with Crippen molar-refractivity contribution in [1.82, 2.24) is 15.0 Å². The molecular formula is C25H41N7O9S3. The standard InChI is InChI=1S/C9H16N2O3S.C8H15N3O3S.C8H10N2O3S/c1-8(2)7-11(15(12,13)14)9-5-3-4-6-10-9;1-7(9)6-11(15(12,13)14)8-4-2-3-5-10-8;1-7-6-10(14(11,12)13-7)8-4-2-3-5-9-8/h3-6,8,12-14H,7H2,1-2H3;2-5,7,12-14H,6,9H2,1H3;2-5,7H,6H2,1H3/t;2*7-/m.10/s1. The molecule has 16 nitrogen and oxygen atoms in total. The Bertz CT molecular complexity index is 1290. The number of nitrogens with two attached hydrogens (primary N) is 1. The Morgan fingerprint density at radius 3 is 1.61 bits per heavy atom. The van der Waals surface area contributed by atoms with Crippen LogP contribution in [0.1, 0.15) is 27.7 Å². The predicted octanol–water partition coefficient (Wildman–Crippen LogP) is 4.61. The first-order valence-electron chi connectivity index (χ1n) is 13.2. The molecule has 0 spiro atoms. The summed E-state index contributed by atoms with van der Waals surface area (Å²) < 4.78 is 86.3. The van der Waals surface area contributed by atoms with Crippen molar-refractivity contribution in [1.29, 1.82) is 0 Å². The summed E-state index contributed by atoms with van der Waals surface area (Å²) >= 11 is -7.56. The second-order valence-corrected chi connectivity index (χ2v) is 14.3. The normalized spacial score (nSPS) is 17.5. The van der Waals surface area contributed by atoms with Crippen LogP contribution in [0.5, 0.6) is 0 Å². The lowest BCUT2D eigenvalue weighted by Crippen LogP contribution is -2.37. The van der Waals surface area contributed by atoms with Crippen LogP contribution in [0.3, 0.4) is 0 Å². The molecule has 19 heteroatoms. The average molecular weight is 680 g/mol. The van der Waals surface area contributed by atoms with Gasteiger partial charge in [-0.2, -0.15) is 8.42 Å². The smallest absolute Gasteiger partial charge is 0.326 e. The van der Waals surface area contributed by atoms with Crippen LogP contribution in [0.4, 0.5) is 17.5 Å². The van der Waals surface area contributed by atoms with Gasteiger partial charge in [0, 0.05) is 31.2 Å². The van der Waals surface area contributed by atoms with Crippen molar-refractivity contribution in [2.75, 3.05) is 32.5 Å². The number of anilines is 3. The molecule has 0 saturated carbocycles. The quantitative estimate of drug-likeness (QED) is 0.163. The molecule has 1 aliphatic heterocycles. The average Bonchev–Trinajstić information content (AvgIpc) is 3.22. The van der Waals surface area contributed by atoms with Crippen LogP contribution in [-0.2, 0) is 14.5 Å². The Morgan fingerprint density at radius 2 is 1.30 bits per heavy atom. The highest BCUT2D eigenvalue weighted by Gasteiger charge is 2.35. The Kier molecular flexibility index (Phi) is 14.0. The molecule has 0 amide bonds. The van der Waals surface area contributed by atoms with Gasteiger partial charge in [0.15, 0.2) is 22.1 Å². The first kappa shape index (κ1) is 37.4. The van der Waals surface area contributed by atoms with Gasteiger partial charge in [0.25, 0.3) is 0 Å². The van der Waals surface area contributed by atoms with Crippen molar-refractivity contribution in [3.63, 3.8) is 0 Å². The van der Waals surface area contributed by atoms with E-state index in [0.29, 0.717) is 24.7 Å². The lowest BCUT2D eigenvalue weighted by atomic mass is 10.2. The van der Waals surface area contributed by atoms with Crippen LogP contribution < -0.4 is 18.6 Å². The molecule has 3 aromatic rings. The SMILES string of the molecule is CC(C)CN(c1ccccn1)S(O)(O)O.C[C@@H](N)CN(c1ccccn1)S(O)(O)O.C[C@H]1CN(c2ccccn2)S(=O)(=O)O1. The number of pyridine rings is 3. The summed E-state index contributed by atoms with van der Waals surface area (Å²) in [6, 6.07) is 14.8. The van der Waals surface area contributed by atoms with Gasteiger partial charge in [-0.3, -0.25) is 35.9 Å². The molecular weight excluding hydrogens is 639 g/mol. The summed E-state index contributed by atoms with van der Waals surface area (Å²) in [5, 5.41) is 0. The summed E-state index contributed by atoms with van der Waals surface area (Å²) in [5.74, 6) is 1.22. The van der Waals surface area contributed by atoms with Gasteiger partial charge in [-0.15, -0.1) is 0 Å². The van der Waals surface area contributed by atoms with E-state index in [0.717, 1.165) is 12.9 Å². The fourth-order valence-electron chi connectivity index (χ4n) is 3.56. The second kappa shape index (κ2) is 16.5. The third-order valence-electron chi connectivity index (χ3n) is 5.27. The van der Waals surface area contributed by atoms with E-state index < -0.39 is 32.4 Å². The maximum Gasteiger partial charge on any atom is 0.364 e. The van der Waals surface area contributed by atoms with Crippen LogP contribution in [0.2, 0.25) is 0 Å². The van der Waals surface area contributed by atoms with Gasteiger partial charge in [0.1, 0.15) is 17.5 Å². The van der Waals surface area contributed by atoms with Crippen LogP contribution in [0.15, 0.2) is 73.2 Å². The van der Waals surface area contributed by atoms with E-state index in [1.807, 2.05) is 13.8 Å². The third-order valence-corrected chi connectivity index (χ3v) is 8.57. The molecule has 2 atom stereocenters. The lowest BCUT2D eigenvalue weighted by Gasteiger charge is -2.35. The molecule has 4 rings (SSSR count). The Balaban J connectivity index is 0.000000230. The van der Waals surface area contributed by atoms with Gasteiger partial charge >= 0.3 is 10.3 Å². The first-order valence-corrected chi connectivity index (χ1v) is 17.5. The molecule has 0 aromatic carbocycles. The van der Waals surface area contributed by atoms with E-state index in [1.165, 1.54) is 12.4 Å². The molecule has 1 fully saturated rings. The molecule has 4 heterocycles. The highest BCUT2D eigenvalue weighted by molar-refractivity contribution is 8.20. The minimum atomic E-state index is -3.82. The molecule has 0 unspecified atom stereocenters. The number of hydrogen-bond donors (Lipinski definition) is 7. The summed E-state index contributed by atoms with van der Waals surface area (Å²) in [5.41, 5.74) is 5.54. The fourth-order valence-corrected chi connectivity index (χ4v) is 6.52. The van der Waals surface area contributed by atoms with Gasteiger partial charge in [-0.25, -0.2) is 23.4 Å². The van der Waals surface area contributed by atoms with Crippen molar-refractivity contribution < 1.29 is 39.9 Å². The molecule has 1 aliphatic rings. The van der Waals surface area contributed by atoms with Crippen molar-refractivity contribution in [2.45, 2.75) is 39.8 Å². The van der Waals surface area contributed by atoms with Crippen LogP contribution >= 0.6 is 22.1 Å². The monoisotopic (exact) mass is 679 g/mol. The predicted molar refractivity (Wildman–Crippen MR) is 174 cm³/mol. The number of hydrogen-bond acceptors (Lipinski definition) is 15. The highest BCUT2D eigenvalue weighted by atomic mass is 32.3. The molecule has 3 aromatic heterocycles. The molecule has 0 aliphatic carbocycles. The zero-order valence-corrected chi connectivity index (χ0v) is 27.1. The van der Waals surface area contributed by atoms with E-state index in [2.05, 4.69) is 15.0 Å². The summed E-state index contributed by atoms with van der Waals surface area (Å²) in [6.07, 6.45) is 4.26. The van der Waals surface area contributed by atoms with E-state index in [-0.39, 0.29) is 30.4 Å². The van der Waals surface area contributed by atoms with Gasteiger partial charge in [-0.1, -0.05) is 32.0 Å². The molecule has 0 radical (unpaired) electrons. The van der Waals surface area contributed by atoms with E-state index >= 15 is 0 Å². The van der Waals surface area contributed by atoms with Gasteiger partial charge in [0.2, 0.25) is 0 Å². The van der Waals surface area contributed by atoms with Crippen molar-refractivity contribution in [2.24, 2.45) is 11.7 Å². The minimum Gasteiger partial charge on any atom is -0.326 e. The number of aromatic nitrogens is 3. The molecule has 1 saturated heterocycles. The van der Waals surface area contributed by atoms with E-state index in [9.17, 15) is 35.7 Å². The summed E-state index contributed by atoms with van der Waals surface area (Å²) in [6.45, 7) is 7.99. The molecule has 0 bridgehead atoms. The molecule has 248 valence electrons. The van der Waals surface area contributed by atoms with Crippen molar-refractivity contribution >= 4 is 49.9 Å². The largest absolute Gasteiger partial charge is 0.364 e. The van der Waals surface area contributed by atoms with Gasteiger partial charge in [0.05, 0.1) is 19.2 Å². The Hall–Kier alpha value is -2.82. The van der Waals surface area contributed by atoms with Gasteiger partial charge in [-0.05, 0) is 56.2 Å². The van der Waals surface area contributed by atoms with Crippen LogP contribution in [0.25, 0.3) is 0 Å². The summed E-state index contributed by atoms with van der Waals surface area (Å²) in [7, 11) is -3.62. The van der Waals surface area contributed by atoms with Gasteiger partial charge < -0.3 is 5.73 Å². The molecule has 8 N–H and O–H groups in total. The second-order valence-electron chi connectivity index (χ2n) is 9.93. The number of rotatable bonds is 9. The third kappa shape index (κ3) is 12.3.